The van der Waals surface area contributed by atoms with E-state index in [1.165, 1.54) is 7.11 Å². The van der Waals surface area contributed by atoms with E-state index in [9.17, 15) is 4.79 Å². The highest BCUT2D eigenvalue weighted by Crippen LogP contribution is 2.23. The lowest BCUT2D eigenvalue weighted by molar-refractivity contribution is -0.146. The number of esters is 1. The molecule has 2 atom stereocenters. The number of rotatable bonds is 4. The predicted octanol–water partition coefficient (Wildman–Crippen LogP) is 0.932. The van der Waals surface area contributed by atoms with Crippen LogP contribution >= 0.6 is 0 Å². The number of ether oxygens (including phenoxy) is 1. The maximum absolute atomic E-state index is 11.6. The fourth-order valence-corrected chi connectivity index (χ4v) is 2.60. The first-order chi connectivity index (χ1) is 8.61. The Morgan fingerprint density at radius 2 is 2.28 bits per heavy atom. The van der Waals surface area contributed by atoms with Gasteiger partial charge in [0.25, 0.3) is 0 Å². The van der Waals surface area contributed by atoms with Crippen molar-refractivity contribution in [2.24, 2.45) is 11.8 Å². The molecule has 1 fully saturated rings. The van der Waals surface area contributed by atoms with Gasteiger partial charge in [-0.25, -0.2) is 4.98 Å². The Bertz CT molecular complexity index is 416. The molecule has 0 N–H and O–H groups in total. The normalized spacial score (nSPS) is 24.4. The van der Waals surface area contributed by atoms with Crippen LogP contribution in [0.15, 0.2) is 12.4 Å². The van der Waals surface area contributed by atoms with Crippen LogP contribution in [0.1, 0.15) is 12.7 Å². The molecule has 2 unspecified atom stereocenters. The van der Waals surface area contributed by atoms with Crippen LogP contribution < -0.4 is 0 Å². The highest BCUT2D eigenvalue weighted by atomic mass is 16.5. The van der Waals surface area contributed by atoms with Crippen molar-refractivity contribution in [2.45, 2.75) is 20.4 Å². The first-order valence-corrected chi connectivity index (χ1v) is 6.39. The minimum atomic E-state index is -0.0798. The molecule has 1 aliphatic rings. The van der Waals surface area contributed by atoms with E-state index in [0.717, 1.165) is 32.0 Å². The van der Waals surface area contributed by atoms with Crippen molar-refractivity contribution < 1.29 is 9.53 Å². The van der Waals surface area contributed by atoms with Gasteiger partial charge in [0, 0.05) is 38.6 Å². The molecule has 5 heteroatoms. The number of hydrogen-bond donors (Lipinski definition) is 0. The van der Waals surface area contributed by atoms with Crippen LogP contribution in [0.3, 0.4) is 0 Å². The Hall–Kier alpha value is -1.36. The third-order valence-corrected chi connectivity index (χ3v) is 3.77. The Kier molecular flexibility index (Phi) is 4.01. The van der Waals surface area contributed by atoms with Crippen LogP contribution in [0.4, 0.5) is 0 Å². The van der Waals surface area contributed by atoms with Gasteiger partial charge in [-0.15, -0.1) is 0 Å². The molecule has 100 valence electrons. The van der Waals surface area contributed by atoms with Crippen molar-refractivity contribution >= 4 is 5.97 Å². The summed E-state index contributed by atoms with van der Waals surface area (Å²) in [6, 6.07) is 0. The lowest BCUT2D eigenvalue weighted by Crippen LogP contribution is -2.27. The molecule has 2 rings (SSSR count). The van der Waals surface area contributed by atoms with Crippen molar-refractivity contribution in [3.05, 3.63) is 18.2 Å². The minimum absolute atomic E-state index is 0.0267. The molecule has 0 amide bonds. The van der Waals surface area contributed by atoms with E-state index < -0.39 is 0 Å². The fraction of sp³-hybridized carbons (Fsp3) is 0.692. The molecule has 0 saturated carbocycles. The van der Waals surface area contributed by atoms with Gasteiger partial charge in [0.15, 0.2) is 0 Å². The van der Waals surface area contributed by atoms with Crippen LogP contribution in [0.25, 0.3) is 0 Å². The van der Waals surface area contributed by atoms with E-state index in [1.54, 1.807) is 0 Å². The van der Waals surface area contributed by atoms with Gasteiger partial charge in [-0.05, 0) is 12.8 Å². The Morgan fingerprint density at radius 1 is 1.50 bits per heavy atom. The molecule has 1 aromatic heterocycles. The number of methoxy groups -OCH3 is 1. The number of carbonyl (C=O) groups excluding carboxylic acids is 1. The van der Waals surface area contributed by atoms with Crippen LogP contribution in [-0.4, -0.2) is 47.2 Å². The maximum Gasteiger partial charge on any atom is 0.310 e. The SMILES string of the molecule is COC(=O)C1CN(CCn2ccnc2C)CC1C. The van der Waals surface area contributed by atoms with Crippen LogP contribution in [0.2, 0.25) is 0 Å². The summed E-state index contributed by atoms with van der Waals surface area (Å²) in [5.74, 6) is 1.36. The summed E-state index contributed by atoms with van der Waals surface area (Å²) < 4.78 is 6.98. The molecule has 18 heavy (non-hydrogen) atoms. The molecular formula is C13H21N3O2. The summed E-state index contributed by atoms with van der Waals surface area (Å²) in [6.07, 6.45) is 3.81. The Morgan fingerprint density at radius 3 is 2.89 bits per heavy atom. The molecule has 1 aliphatic heterocycles. The van der Waals surface area contributed by atoms with E-state index in [4.69, 9.17) is 4.74 Å². The quantitative estimate of drug-likeness (QED) is 0.747. The van der Waals surface area contributed by atoms with Crippen molar-refractivity contribution in [1.82, 2.24) is 14.5 Å². The zero-order valence-corrected chi connectivity index (χ0v) is 11.3. The Labute approximate surface area is 108 Å². The summed E-state index contributed by atoms with van der Waals surface area (Å²) >= 11 is 0. The van der Waals surface area contributed by atoms with Gasteiger partial charge in [0.05, 0.1) is 13.0 Å². The van der Waals surface area contributed by atoms with Crippen molar-refractivity contribution in [3.8, 4) is 0 Å². The molecule has 1 saturated heterocycles. The molecule has 0 bridgehead atoms. The smallest absolute Gasteiger partial charge is 0.310 e. The second-order valence-electron chi connectivity index (χ2n) is 5.03. The maximum atomic E-state index is 11.6. The summed E-state index contributed by atoms with van der Waals surface area (Å²) in [4.78, 5) is 18.1. The summed E-state index contributed by atoms with van der Waals surface area (Å²) in [6.45, 7) is 7.77. The van der Waals surface area contributed by atoms with E-state index in [1.807, 2.05) is 19.3 Å². The van der Waals surface area contributed by atoms with E-state index >= 15 is 0 Å². The number of hydrogen-bond acceptors (Lipinski definition) is 4. The summed E-state index contributed by atoms with van der Waals surface area (Å²) in [7, 11) is 1.46. The lowest BCUT2D eigenvalue weighted by atomic mass is 9.99. The summed E-state index contributed by atoms with van der Waals surface area (Å²) in [5, 5.41) is 0. The van der Waals surface area contributed by atoms with Crippen LogP contribution in [-0.2, 0) is 16.1 Å². The van der Waals surface area contributed by atoms with Gasteiger partial charge in [-0.1, -0.05) is 6.92 Å². The van der Waals surface area contributed by atoms with Crippen LogP contribution in [0.5, 0.6) is 0 Å². The largest absolute Gasteiger partial charge is 0.469 e. The predicted molar refractivity (Wildman–Crippen MR) is 68.1 cm³/mol. The van der Waals surface area contributed by atoms with Crippen LogP contribution in [0, 0.1) is 18.8 Å². The fourth-order valence-electron chi connectivity index (χ4n) is 2.60. The second kappa shape index (κ2) is 5.52. The number of likely N-dealkylation sites (tertiary alicyclic amines) is 1. The monoisotopic (exact) mass is 251 g/mol. The average Bonchev–Trinajstić information content (AvgIpc) is 2.92. The van der Waals surface area contributed by atoms with Gasteiger partial charge >= 0.3 is 5.97 Å². The third kappa shape index (κ3) is 2.72. The van der Waals surface area contributed by atoms with Gasteiger partial charge in [0.2, 0.25) is 0 Å². The molecule has 1 aromatic rings. The minimum Gasteiger partial charge on any atom is -0.469 e. The average molecular weight is 251 g/mol. The highest BCUT2D eigenvalue weighted by molar-refractivity contribution is 5.73. The number of aromatic nitrogens is 2. The molecule has 0 aliphatic carbocycles. The van der Waals surface area contributed by atoms with Gasteiger partial charge in [-0.3, -0.25) is 4.79 Å². The number of aryl methyl sites for hydroxylation is 1. The standard InChI is InChI=1S/C13H21N3O2/c1-10-8-15(9-12(10)13(17)18-3)6-7-16-5-4-14-11(16)2/h4-5,10,12H,6-9H2,1-3H3. The number of carbonyl (C=O) groups is 1. The zero-order chi connectivity index (χ0) is 13.1. The molecule has 0 radical (unpaired) electrons. The van der Waals surface area contributed by atoms with Crippen molar-refractivity contribution in [2.75, 3.05) is 26.7 Å². The van der Waals surface area contributed by atoms with Crippen molar-refractivity contribution in [3.63, 3.8) is 0 Å². The molecule has 0 spiro atoms. The summed E-state index contributed by atoms with van der Waals surface area (Å²) in [5.41, 5.74) is 0. The van der Waals surface area contributed by atoms with E-state index in [-0.39, 0.29) is 11.9 Å². The van der Waals surface area contributed by atoms with Crippen molar-refractivity contribution in [1.29, 1.82) is 0 Å². The molecule has 5 nitrogen and oxygen atoms in total. The van der Waals surface area contributed by atoms with E-state index in [2.05, 4.69) is 21.4 Å². The first kappa shape index (κ1) is 13.1. The van der Waals surface area contributed by atoms with Gasteiger partial charge in [-0.2, -0.15) is 0 Å². The topological polar surface area (TPSA) is 47.4 Å². The molecular weight excluding hydrogens is 230 g/mol. The third-order valence-electron chi connectivity index (χ3n) is 3.77. The zero-order valence-electron chi connectivity index (χ0n) is 11.3. The van der Waals surface area contributed by atoms with Gasteiger partial charge in [0.1, 0.15) is 5.82 Å². The molecule has 2 heterocycles. The lowest BCUT2D eigenvalue weighted by Gasteiger charge is -2.16. The highest BCUT2D eigenvalue weighted by Gasteiger charge is 2.35. The number of imidazole rings is 1. The number of nitrogens with zero attached hydrogens (tertiary/aromatic N) is 3. The first-order valence-electron chi connectivity index (χ1n) is 6.39. The molecule has 0 aromatic carbocycles. The van der Waals surface area contributed by atoms with E-state index in [0.29, 0.717) is 5.92 Å². The van der Waals surface area contributed by atoms with Gasteiger partial charge < -0.3 is 14.2 Å². The Balaban J connectivity index is 1.86. The second-order valence-corrected chi connectivity index (χ2v) is 5.03.